The summed E-state index contributed by atoms with van der Waals surface area (Å²) in [4.78, 5) is 64.2. The van der Waals surface area contributed by atoms with Crippen LogP contribution in [0.3, 0.4) is 0 Å². The van der Waals surface area contributed by atoms with Crippen molar-refractivity contribution in [1.82, 2.24) is 53.8 Å². The molecule has 0 amide bonds. The van der Waals surface area contributed by atoms with Crippen molar-refractivity contribution in [1.29, 1.82) is 0 Å². The summed E-state index contributed by atoms with van der Waals surface area (Å²) in [6, 6.07) is 30.5. The van der Waals surface area contributed by atoms with Crippen molar-refractivity contribution in [2.45, 2.75) is 170 Å². The SMILES string of the molecule is C.CC(=O)c1cnc2c(c1)c(C)nn2Cc1cc(Cl)ccc1OCC(C)C.CC(=O)c1cnc2c(ccn2Cc2cc(OC(F)(F)F)ccc2OCC(C)C)c1.CCC(CC)COc1ccc(Br)cc1Cn1nc(C)c2cc(C(C)=O)cnc21.CCC(CC)COc1ccc(Cl)cc1Cn1nc(C)c2cc(C(C)=O)cnc21. The Morgan fingerprint density at radius 2 is 0.786 bits per heavy atom. The van der Waals surface area contributed by atoms with Gasteiger partial charge in [-0.05, 0) is 175 Å². The molecule has 0 saturated carbocycles. The molecule has 112 heavy (non-hydrogen) atoms. The molecule has 0 aliphatic carbocycles. The Bertz CT molecular complexity index is 5120. The van der Waals surface area contributed by atoms with Gasteiger partial charge in [0.15, 0.2) is 40.1 Å². The van der Waals surface area contributed by atoms with E-state index in [1.54, 1.807) is 48.4 Å². The van der Waals surface area contributed by atoms with Crippen LogP contribution in [0.25, 0.3) is 44.1 Å². The monoisotopic (exact) mass is 1640 g/mol. The van der Waals surface area contributed by atoms with Crippen molar-refractivity contribution < 1.29 is 56.0 Å². The van der Waals surface area contributed by atoms with Gasteiger partial charge in [0.25, 0.3) is 0 Å². The van der Waals surface area contributed by atoms with Gasteiger partial charge < -0.3 is 28.3 Å². The molecule has 12 aromatic rings. The molecule has 20 nitrogen and oxygen atoms in total. The van der Waals surface area contributed by atoms with Crippen molar-refractivity contribution in [2.75, 3.05) is 26.4 Å². The topological polar surface area (TPSA) is 224 Å². The normalized spacial score (nSPS) is 11.4. The van der Waals surface area contributed by atoms with Crippen LogP contribution in [0, 0.1) is 44.4 Å². The third-order valence-electron chi connectivity index (χ3n) is 18.6. The lowest BCUT2D eigenvalue weighted by Gasteiger charge is -2.17. The Balaban J connectivity index is 0.000000187. The van der Waals surface area contributed by atoms with E-state index in [9.17, 15) is 32.3 Å². The zero-order valence-corrected chi connectivity index (χ0v) is 68.5. The Kier molecular flexibility index (Phi) is 31.2. The van der Waals surface area contributed by atoms with Crippen LogP contribution in [-0.2, 0) is 26.2 Å². The zero-order chi connectivity index (χ0) is 80.5. The first-order chi connectivity index (χ1) is 52.8. The third kappa shape index (κ3) is 23.5. The highest BCUT2D eigenvalue weighted by Gasteiger charge is 2.32. The van der Waals surface area contributed by atoms with Crippen molar-refractivity contribution in [3.05, 3.63) is 210 Å². The molecule has 26 heteroatoms. The number of nitrogens with zero attached hydrogens (tertiary/aromatic N) is 11. The predicted molar refractivity (Wildman–Crippen MR) is 440 cm³/mol. The summed E-state index contributed by atoms with van der Waals surface area (Å²) < 4.78 is 74.2. The highest BCUT2D eigenvalue weighted by atomic mass is 79.9. The van der Waals surface area contributed by atoms with Crippen LogP contribution in [0.1, 0.15) is 197 Å². The molecule has 0 spiro atoms. The number of benzene rings is 4. The lowest BCUT2D eigenvalue weighted by atomic mass is 10.1. The summed E-state index contributed by atoms with van der Waals surface area (Å²) in [6.45, 7) is 33.0. The number of aromatic nitrogens is 11. The molecule has 0 N–H and O–H groups in total. The predicted octanol–water partition coefficient (Wildman–Crippen LogP) is 21.6. The van der Waals surface area contributed by atoms with E-state index in [0.29, 0.717) is 113 Å². The Hall–Kier alpha value is -10.0. The van der Waals surface area contributed by atoms with E-state index in [1.165, 1.54) is 45.2 Å². The van der Waals surface area contributed by atoms with Crippen LogP contribution in [-0.4, -0.2) is 110 Å². The fourth-order valence-corrected chi connectivity index (χ4v) is 12.8. The highest BCUT2D eigenvalue weighted by Crippen LogP contribution is 2.34. The van der Waals surface area contributed by atoms with Gasteiger partial charge in [-0.1, -0.05) is 128 Å². The Morgan fingerprint density at radius 1 is 0.446 bits per heavy atom. The van der Waals surface area contributed by atoms with Crippen LogP contribution in [0.2, 0.25) is 10.0 Å². The number of halogens is 6. The first-order valence-electron chi connectivity index (χ1n) is 37.1. The molecule has 594 valence electrons. The van der Waals surface area contributed by atoms with Crippen molar-refractivity contribution in [3.63, 3.8) is 0 Å². The highest BCUT2D eigenvalue weighted by molar-refractivity contribution is 9.10. The van der Waals surface area contributed by atoms with Crippen LogP contribution >= 0.6 is 39.1 Å². The molecular weight excluding hydrogens is 1540 g/mol. The lowest BCUT2D eigenvalue weighted by Crippen LogP contribution is -2.17. The number of Topliss-reactive ketones (excluding diaryl/α,β-unsaturated/α-hetero) is 4. The van der Waals surface area contributed by atoms with Gasteiger partial charge in [0.2, 0.25) is 0 Å². The van der Waals surface area contributed by atoms with Crippen LogP contribution in [0.5, 0.6) is 28.7 Å². The summed E-state index contributed by atoms with van der Waals surface area (Å²) in [5, 5.41) is 18.6. The van der Waals surface area contributed by atoms with Gasteiger partial charge in [-0.3, -0.25) is 19.2 Å². The van der Waals surface area contributed by atoms with Crippen molar-refractivity contribution in [3.8, 4) is 28.7 Å². The molecule has 8 heterocycles. The molecule has 8 aromatic heterocycles. The second-order valence-electron chi connectivity index (χ2n) is 28.3. The standard InChI is InChI=1S/C22H26BrN3O2.C22H26ClN3O2.C21H21F3N2O3.C20H22ClN3O2.CH4/c2*1-5-16(6-2)13-28-21-8-7-19(23)9-18(21)12-26-22-20(14(3)25-26)10-17(11-24-22)15(4)27;1-13(2)12-28-19-5-4-18(29-21(22,23)24)9-17(19)11-26-7-6-15-8-16(14(3)27)10-25-20(15)26;1-12(2)11-26-19-6-5-17(21)7-16(19)10-24-20-18(13(3)23-24)8-15(9-22-20)14(4)25;/h2*7-11,16H,5-6,12-13H2,1-4H3;4-10,13H,11-12H2,1-3H3;5-9,12H,10-11H2,1-4H3;1H4. The minimum Gasteiger partial charge on any atom is -0.493 e. The minimum absolute atomic E-state index is 0. The Labute approximate surface area is 670 Å². The number of rotatable bonds is 29. The number of ketones is 4. The Morgan fingerprint density at radius 3 is 1.15 bits per heavy atom. The summed E-state index contributed by atoms with van der Waals surface area (Å²) in [5.74, 6) is 4.32. The summed E-state index contributed by atoms with van der Waals surface area (Å²) >= 11 is 16.0. The molecular formula is C86H99BrCl2F3N11O9. The first-order valence-corrected chi connectivity index (χ1v) is 38.6. The van der Waals surface area contributed by atoms with E-state index in [2.05, 4.69) is 104 Å². The average molecular weight is 1640 g/mol. The quantitative estimate of drug-likeness (QED) is 0.0397. The summed E-state index contributed by atoms with van der Waals surface area (Å²) in [6.07, 6.45) is 7.68. The molecule has 4 aromatic carbocycles. The molecule has 0 fully saturated rings. The number of carbonyl (C=O) groups excluding carboxylic acids is 4. The smallest absolute Gasteiger partial charge is 0.493 e. The number of carbonyl (C=O) groups is 4. The van der Waals surface area contributed by atoms with Gasteiger partial charge in [-0.15, -0.1) is 13.2 Å². The number of alkyl halides is 3. The maximum atomic E-state index is 12.6. The van der Waals surface area contributed by atoms with E-state index in [0.717, 1.165) is 120 Å². The molecule has 0 radical (unpaired) electrons. The van der Waals surface area contributed by atoms with E-state index in [4.69, 9.17) is 42.1 Å². The largest absolute Gasteiger partial charge is 0.573 e. The first kappa shape index (κ1) is 87.5. The van der Waals surface area contributed by atoms with Gasteiger partial charge in [-0.2, -0.15) is 15.3 Å². The second-order valence-corrected chi connectivity index (χ2v) is 30.1. The maximum absolute atomic E-state index is 12.6. The molecule has 0 aliphatic heterocycles. The van der Waals surface area contributed by atoms with Crippen molar-refractivity contribution in [2.24, 2.45) is 23.7 Å². The van der Waals surface area contributed by atoms with E-state index >= 15 is 0 Å². The number of ether oxygens (including phenoxy) is 5. The second kappa shape index (κ2) is 39.9. The minimum atomic E-state index is -4.78. The molecule has 0 unspecified atom stereocenters. The van der Waals surface area contributed by atoms with Crippen molar-refractivity contribution >= 4 is 106 Å². The maximum Gasteiger partial charge on any atom is 0.573 e. The van der Waals surface area contributed by atoms with E-state index < -0.39 is 6.36 Å². The van der Waals surface area contributed by atoms with Crippen LogP contribution < -0.4 is 23.7 Å². The van der Waals surface area contributed by atoms with Gasteiger partial charge in [0.1, 0.15) is 34.4 Å². The number of aryl methyl sites for hydroxylation is 3. The summed E-state index contributed by atoms with van der Waals surface area (Å²) in [5.41, 5.74) is 11.2. The number of fused-ring (bicyclic) bond motifs is 4. The number of pyridine rings is 4. The summed E-state index contributed by atoms with van der Waals surface area (Å²) in [7, 11) is 0. The van der Waals surface area contributed by atoms with Crippen LogP contribution in [0.15, 0.2) is 139 Å². The van der Waals surface area contributed by atoms with Gasteiger partial charge in [0, 0.05) is 112 Å². The molecule has 0 saturated heterocycles. The fourth-order valence-electron chi connectivity index (χ4n) is 12.0. The zero-order valence-electron chi connectivity index (χ0n) is 65.4. The van der Waals surface area contributed by atoms with Gasteiger partial charge >= 0.3 is 6.36 Å². The van der Waals surface area contributed by atoms with Crippen LogP contribution in [0.4, 0.5) is 13.2 Å². The number of hydrogen-bond donors (Lipinski definition) is 0. The van der Waals surface area contributed by atoms with Gasteiger partial charge in [-0.25, -0.2) is 34.0 Å². The van der Waals surface area contributed by atoms with E-state index in [-0.39, 0.29) is 48.8 Å². The molecule has 0 aliphatic rings. The van der Waals surface area contributed by atoms with Gasteiger partial charge in [0.05, 0.1) is 69.7 Å². The average Bonchev–Trinajstić information content (AvgIpc) is 1.64. The molecule has 0 atom stereocenters. The van der Waals surface area contributed by atoms with E-state index in [1.807, 2.05) is 115 Å². The fraction of sp³-hybridized carbons (Fsp3) is 0.384. The molecule has 12 rings (SSSR count). The number of hydrogen-bond acceptors (Lipinski definition) is 16. The molecule has 0 bridgehead atoms. The lowest BCUT2D eigenvalue weighted by molar-refractivity contribution is -0.274. The third-order valence-corrected chi connectivity index (χ3v) is 19.5.